The number of alkyl halides is 4. The first kappa shape index (κ1) is 40.9. The zero-order valence-corrected chi connectivity index (χ0v) is 32.9. The summed E-state index contributed by atoms with van der Waals surface area (Å²) in [5, 5.41) is 4.18. The third-order valence-electron chi connectivity index (χ3n) is 11.8. The summed E-state index contributed by atoms with van der Waals surface area (Å²) in [5.41, 5.74) is -3.59. The fraction of sp³-hybridized carbons (Fsp3) is 0.684. The van der Waals surface area contributed by atoms with Crippen LogP contribution in [0.1, 0.15) is 91.2 Å². The second-order valence-electron chi connectivity index (χ2n) is 17.1. The van der Waals surface area contributed by atoms with E-state index in [0.717, 1.165) is 4.90 Å². The summed E-state index contributed by atoms with van der Waals surface area (Å²) in [4.78, 5) is 65.8. The van der Waals surface area contributed by atoms with Crippen molar-refractivity contribution in [3.63, 3.8) is 0 Å². The maximum Gasteiger partial charge on any atom is 0.408 e. The number of halogens is 4. The van der Waals surface area contributed by atoms with E-state index in [9.17, 15) is 36.4 Å². The molecule has 4 fully saturated rings. The van der Waals surface area contributed by atoms with Crippen molar-refractivity contribution in [1.29, 1.82) is 0 Å². The highest BCUT2D eigenvalue weighted by molar-refractivity contribution is 7.91. The first-order valence-corrected chi connectivity index (χ1v) is 21.1. The van der Waals surface area contributed by atoms with Crippen LogP contribution in [0.15, 0.2) is 24.3 Å². The lowest BCUT2D eigenvalue weighted by atomic mass is 9.85. The number of alkyl carbamates (subject to hydrolysis) is 1. The van der Waals surface area contributed by atoms with E-state index in [2.05, 4.69) is 20.6 Å². The summed E-state index contributed by atoms with van der Waals surface area (Å²) in [6, 6.07) is 3.51. The number of sulfonamides is 1. The van der Waals surface area contributed by atoms with Crippen molar-refractivity contribution in [3.8, 4) is 5.88 Å². The van der Waals surface area contributed by atoms with Crippen molar-refractivity contribution in [1.82, 2.24) is 30.2 Å². The Bertz CT molecular complexity index is 2050. The number of hydrogen-bond acceptors (Lipinski definition) is 10. The summed E-state index contributed by atoms with van der Waals surface area (Å²) >= 11 is 0. The summed E-state index contributed by atoms with van der Waals surface area (Å²) in [5.74, 6) is -10.00. The van der Waals surface area contributed by atoms with E-state index in [1.807, 2.05) is 4.72 Å². The summed E-state index contributed by atoms with van der Waals surface area (Å²) in [7, 11) is -4.20. The van der Waals surface area contributed by atoms with Crippen molar-refractivity contribution < 1.29 is 54.6 Å². The molecule has 0 spiro atoms. The van der Waals surface area contributed by atoms with E-state index in [4.69, 9.17) is 9.47 Å². The van der Waals surface area contributed by atoms with Gasteiger partial charge in [-0.1, -0.05) is 46.2 Å². The highest BCUT2D eigenvalue weighted by Crippen LogP contribution is 2.49. The first-order valence-electron chi connectivity index (χ1n) is 19.5. The molecule has 1 unspecified atom stereocenters. The van der Waals surface area contributed by atoms with E-state index >= 15 is 8.78 Å². The smallest absolute Gasteiger partial charge is 0.408 e. The summed E-state index contributed by atoms with van der Waals surface area (Å²) in [6.07, 6.45) is -4.61. The lowest BCUT2D eigenvalue weighted by Gasteiger charge is -2.36. The Kier molecular flexibility index (Phi) is 10.6. The van der Waals surface area contributed by atoms with Gasteiger partial charge in [0.25, 0.3) is 11.8 Å². The molecule has 14 nitrogen and oxygen atoms in total. The fourth-order valence-electron chi connectivity index (χ4n) is 8.17. The Labute approximate surface area is 327 Å². The van der Waals surface area contributed by atoms with Gasteiger partial charge in [-0.3, -0.25) is 19.1 Å². The Morgan fingerprint density at radius 2 is 1.72 bits per heavy atom. The molecular weight excluding hydrogens is 777 g/mol. The van der Waals surface area contributed by atoms with Gasteiger partial charge in [0.2, 0.25) is 34.1 Å². The number of amides is 4. The lowest BCUT2D eigenvalue weighted by molar-refractivity contribution is -0.144. The number of para-hydroxylation sites is 2. The topological polar surface area (TPSA) is 186 Å². The lowest BCUT2D eigenvalue weighted by Crippen LogP contribution is -2.61. The molecule has 2 bridgehead atoms. The van der Waals surface area contributed by atoms with Gasteiger partial charge in [-0.15, -0.1) is 0 Å². The van der Waals surface area contributed by atoms with Crippen molar-refractivity contribution in [3.05, 3.63) is 30.0 Å². The van der Waals surface area contributed by atoms with Crippen LogP contribution in [-0.4, -0.2) is 95.2 Å². The maximum atomic E-state index is 16.2. The number of nitrogens with zero attached hydrogens (tertiary/aromatic N) is 3. The highest BCUT2D eigenvalue weighted by Gasteiger charge is 2.67. The standard InChI is InChI=1S/C38H48F4N6O8S/c1-5-21-26-18-48(27(21)31(49)46-37(17-22(37)30(39)40)34(51)47-57(53,54)20-13-14-20)33(50)29(36(2,3)4)45-35(52)56-25-16-19(25)10-8-9-15-38(41,42)28-32(55-26)44-24-12-7-6-11-23(24)43-28/h6-7,11-12,19-22,25-27,29-30H,5,8-10,13-18H2,1-4H3,(H,45,52)(H,46,49)(H,47,51)/t19?,21-,22+,25-,26+,27+,29-,37-/m1/s1. The van der Waals surface area contributed by atoms with Crippen LogP contribution in [0.25, 0.3) is 11.0 Å². The number of carbonyl (C=O) groups excluding carboxylic acids is 4. The number of fused-ring (bicyclic) bond motifs is 5. The molecule has 8 atom stereocenters. The third-order valence-corrected chi connectivity index (χ3v) is 13.7. The molecule has 312 valence electrons. The van der Waals surface area contributed by atoms with Gasteiger partial charge < -0.3 is 25.0 Å². The van der Waals surface area contributed by atoms with Crippen molar-refractivity contribution in [2.75, 3.05) is 6.54 Å². The molecule has 3 aliphatic carbocycles. The van der Waals surface area contributed by atoms with Crippen LogP contribution in [0.4, 0.5) is 22.4 Å². The average molecular weight is 825 g/mol. The predicted octanol–water partition coefficient (Wildman–Crippen LogP) is 4.56. The van der Waals surface area contributed by atoms with Gasteiger partial charge in [-0.25, -0.2) is 32.0 Å². The molecule has 3 N–H and O–H groups in total. The second-order valence-corrected chi connectivity index (χ2v) is 19.1. The molecule has 2 aliphatic heterocycles. The van der Waals surface area contributed by atoms with E-state index < -0.39 is 129 Å². The van der Waals surface area contributed by atoms with E-state index in [1.165, 1.54) is 6.07 Å². The van der Waals surface area contributed by atoms with Gasteiger partial charge in [-0.05, 0) is 68.4 Å². The zero-order chi connectivity index (χ0) is 41.2. The van der Waals surface area contributed by atoms with Crippen LogP contribution in [0.3, 0.4) is 0 Å². The molecule has 1 aromatic heterocycles. The minimum Gasteiger partial charge on any atom is -0.471 e. The quantitative estimate of drug-likeness (QED) is 0.335. The Balaban J connectivity index is 1.29. The number of carbonyl (C=O) groups is 4. The molecule has 3 saturated carbocycles. The Morgan fingerprint density at radius 3 is 2.33 bits per heavy atom. The number of nitrogens with one attached hydrogen (secondary N) is 3. The van der Waals surface area contributed by atoms with E-state index in [1.54, 1.807) is 45.9 Å². The van der Waals surface area contributed by atoms with Crippen LogP contribution >= 0.6 is 0 Å². The Morgan fingerprint density at radius 1 is 1.04 bits per heavy atom. The zero-order valence-electron chi connectivity index (χ0n) is 32.1. The van der Waals surface area contributed by atoms with Crippen LogP contribution in [-0.2, 0) is 35.1 Å². The average Bonchev–Trinajstić information content (AvgIpc) is 4.04. The normalized spacial score (nSPS) is 31.8. The van der Waals surface area contributed by atoms with Crippen LogP contribution in [0.5, 0.6) is 5.88 Å². The molecule has 1 aromatic carbocycles. The fourth-order valence-corrected chi connectivity index (χ4v) is 9.54. The van der Waals surface area contributed by atoms with Crippen LogP contribution < -0.4 is 20.1 Å². The van der Waals surface area contributed by atoms with Gasteiger partial charge in [0.1, 0.15) is 29.8 Å². The number of rotatable bonds is 7. The molecule has 5 aliphatic rings. The molecule has 0 radical (unpaired) electrons. The van der Waals surface area contributed by atoms with Crippen LogP contribution in [0.2, 0.25) is 0 Å². The molecule has 1 saturated heterocycles. The van der Waals surface area contributed by atoms with E-state index in [0.29, 0.717) is 19.3 Å². The third kappa shape index (κ3) is 8.22. The number of hydrogen-bond donors (Lipinski definition) is 3. The van der Waals surface area contributed by atoms with Gasteiger partial charge in [0, 0.05) is 12.3 Å². The number of ether oxygens (including phenoxy) is 2. The largest absolute Gasteiger partial charge is 0.471 e. The van der Waals surface area contributed by atoms with Gasteiger partial charge in [-0.2, -0.15) is 8.78 Å². The second kappa shape index (κ2) is 14.8. The predicted molar refractivity (Wildman–Crippen MR) is 195 cm³/mol. The molecule has 19 heteroatoms. The maximum absolute atomic E-state index is 16.2. The molecule has 2 aromatic rings. The molecular formula is C38H48F4N6O8S. The minimum absolute atomic E-state index is 0.0487. The molecule has 4 amide bonds. The highest BCUT2D eigenvalue weighted by atomic mass is 32.2. The molecule has 3 heterocycles. The van der Waals surface area contributed by atoms with Crippen molar-refractivity contribution >= 4 is 44.9 Å². The van der Waals surface area contributed by atoms with Gasteiger partial charge in [0.05, 0.1) is 28.7 Å². The van der Waals surface area contributed by atoms with Crippen molar-refractivity contribution in [2.24, 2.45) is 23.2 Å². The molecule has 7 rings (SSSR count). The monoisotopic (exact) mass is 824 g/mol. The Hall–Kier alpha value is -4.29. The van der Waals surface area contributed by atoms with Gasteiger partial charge in [0.15, 0.2) is 5.69 Å². The van der Waals surface area contributed by atoms with E-state index in [-0.39, 0.29) is 42.6 Å². The first-order chi connectivity index (χ1) is 26.8. The summed E-state index contributed by atoms with van der Waals surface area (Å²) < 4.78 is 100. The molecule has 57 heavy (non-hydrogen) atoms. The van der Waals surface area contributed by atoms with Gasteiger partial charge >= 0.3 is 6.09 Å². The minimum atomic E-state index is -4.20. The SMILES string of the molecule is CC[C@@H]1[C@@H]2CN(C(=O)[C@H](C(C)(C)C)NC(=O)O[C@@H]3CC3CCCCC(F)(F)c3nc4ccccc4nc3O2)[C@@H]1C(=O)N[C@]1(C(=O)NS(=O)(=O)C2CC2)C[C@H]1C(F)F. The number of benzene rings is 1. The number of aromatic nitrogens is 2. The van der Waals surface area contributed by atoms with Crippen molar-refractivity contribution in [2.45, 2.75) is 133 Å². The summed E-state index contributed by atoms with van der Waals surface area (Å²) in [6.45, 7) is 6.27. The van der Waals surface area contributed by atoms with Crippen LogP contribution in [0, 0.1) is 23.2 Å².